The molecular weight excluding hydrogens is 310 g/mol. The minimum Gasteiger partial charge on any atom is -0.469 e. The van der Waals surface area contributed by atoms with Crippen LogP contribution in [0.4, 0.5) is 0 Å². The highest BCUT2D eigenvalue weighted by molar-refractivity contribution is 5.83. The normalized spacial score (nSPS) is 25.4. The molecule has 0 bridgehead atoms. The lowest BCUT2D eigenvalue weighted by molar-refractivity contribution is -0.124. The van der Waals surface area contributed by atoms with Crippen LogP contribution in [0.1, 0.15) is 48.7 Å². The van der Waals surface area contributed by atoms with Gasteiger partial charge in [-0.2, -0.15) is 4.98 Å². The fourth-order valence-electron chi connectivity index (χ4n) is 3.43. The summed E-state index contributed by atoms with van der Waals surface area (Å²) in [6.45, 7) is 3.18. The fourth-order valence-corrected chi connectivity index (χ4v) is 3.43. The summed E-state index contributed by atoms with van der Waals surface area (Å²) in [7, 11) is 0. The molecule has 24 heavy (non-hydrogen) atoms. The standard InChI is InChI=1S/C17H21N3O4/c1-10-18-17(24-20-10)15(11-4-7-22-8-5-11)19-16(21)13-9-12(13)14-3-2-6-23-14/h2-3,6,11-13,15H,4-5,7-9H2,1H3,(H,19,21)/t12-,13+,15-/m1/s1. The summed E-state index contributed by atoms with van der Waals surface area (Å²) in [5, 5.41) is 7.01. The van der Waals surface area contributed by atoms with Crippen LogP contribution < -0.4 is 5.32 Å². The zero-order valence-corrected chi connectivity index (χ0v) is 13.6. The van der Waals surface area contributed by atoms with Gasteiger partial charge in [-0.15, -0.1) is 0 Å². The number of hydrogen-bond donors (Lipinski definition) is 1. The Hall–Kier alpha value is -2.15. The molecule has 2 fully saturated rings. The number of aryl methyl sites for hydroxylation is 1. The lowest BCUT2D eigenvalue weighted by Gasteiger charge is -2.28. The van der Waals surface area contributed by atoms with E-state index in [0.717, 1.165) is 25.0 Å². The molecule has 0 radical (unpaired) electrons. The van der Waals surface area contributed by atoms with Crippen molar-refractivity contribution in [3.8, 4) is 0 Å². The number of amides is 1. The van der Waals surface area contributed by atoms with E-state index in [4.69, 9.17) is 13.7 Å². The first-order chi connectivity index (χ1) is 11.7. The van der Waals surface area contributed by atoms with Gasteiger partial charge >= 0.3 is 0 Å². The molecule has 1 aliphatic carbocycles. The second-order valence-electron chi connectivity index (χ2n) is 6.58. The Labute approximate surface area is 139 Å². The average molecular weight is 331 g/mol. The summed E-state index contributed by atoms with van der Waals surface area (Å²) in [6, 6.07) is 3.53. The molecule has 1 saturated heterocycles. The number of carbonyl (C=O) groups is 1. The Kier molecular flexibility index (Phi) is 4.10. The molecule has 7 heteroatoms. The predicted molar refractivity (Wildman–Crippen MR) is 83.0 cm³/mol. The fraction of sp³-hybridized carbons (Fsp3) is 0.588. The van der Waals surface area contributed by atoms with Crippen LogP contribution in [-0.4, -0.2) is 29.3 Å². The summed E-state index contributed by atoms with van der Waals surface area (Å²) < 4.78 is 16.2. The predicted octanol–water partition coefficient (Wildman–Crippen LogP) is 2.36. The van der Waals surface area contributed by atoms with Crippen molar-refractivity contribution in [1.82, 2.24) is 15.5 Å². The first-order valence-electron chi connectivity index (χ1n) is 8.44. The summed E-state index contributed by atoms with van der Waals surface area (Å²) in [5.74, 6) is 2.37. The molecule has 1 amide bonds. The lowest BCUT2D eigenvalue weighted by Crippen LogP contribution is -2.37. The van der Waals surface area contributed by atoms with E-state index in [9.17, 15) is 4.79 Å². The molecule has 1 aliphatic heterocycles. The molecule has 0 spiro atoms. The van der Waals surface area contributed by atoms with Crippen LogP contribution in [0.15, 0.2) is 27.3 Å². The van der Waals surface area contributed by atoms with Gasteiger partial charge in [-0.25, -0.2) is 0 Å². The number of ether oxygens (including phenoxy) is 1. The highest BCUT2D eigenvalue weighted by Crippen LogP contribution is 2.48. The molecule has 3 heterocycles. The van der Waals surface area contributed by atoms with Crippen LogP contribution >= 0.6 is 0 Å². The van der Waals surface area contributed by atoms with Crippen molar-refractivity contribution in [2.45, 2.75) is 38.1 Å². The number of rotatable bonds is 5. The molecule has 1 N–H and O–H groups in total. The number of carbonyl (C=O) groups excluding carboxylic acids is 1. The van der Waals surface area contributed by atoms with Gasteiger partial charge in [0.1, 0.15) is 11.8 Å². The second-order valence-corrected chi connectivity index (χ2v) is 6.58. The van der Waals surface area contributed by atoms with E-state index >= 15 is 0 Å². The van der Waals surface area contributed by atoms with Gasteiger partial charge in [0.05, 0.1) is 6.26 Å². The van der Waals surface area contributed by atoms with E-state index in [1.807, 2.05) is 12.1 Å². The lowest BCUT2D eigenvalue weighted by atomic mass is 9.91. The van der Waals surface area contributed by atoms with Crippen molar-refractivity contribution in [2.24, 2.45) is 11.8 Å². The van der Waals surface area contributed by atoms with Gasteiger partial charge in [0.15, 0.2) is 5.82 Å². The minimum absolute atomic E-state index is 0.0312. The summed E-state index contributed by atoms with van der Waals surface area (Å²) in [6.07, 6.45) is 4.22. The molecular formula is C17H21N3O4. The number of nitrogens with zero attached hydrogens (tertiary/aromatic N) is 2. The Morgan fingerprint density at radius 3 is 2.88 bits per heavy atom. The summed E-state index contributed by atoms with van der Waals surface area (Å²) >= 11 is 0. The minimum atomic E-state index is -0.250. The van der Waals surface area contributed by atoms with E-state index in [2.05, 4.69) is 15.5 Å². The number of hydrogen-bond acceptors (Lipinski definition) is 6. The molecule has 0 aromatic carbocycles. The van der Waals surface area contributed by atoms with Gasteiger partial charge in [-0.1, -0.05) is 5.16 Å². The third-order valence-electron chi connectivity index (χ3n) is 4.88. The first kappa shape index (κ1) is 15.4. The smallest absolute Gasteiger partial charge is 0.249 e. The molecule has 128 valence electrons. The molecule has 2 aromatic heterocycles. The third kappa shape index (κ3) is 3.08. The number of furan rings is 1. The number of nitrogens with one attached hydrogen (secondary N) is 1. The third-order valence-corrected chi connectivity index (χ3v) is 4.88. The van der Waals surface area contributed by atoms with Gasteiger partial charge in [0.25, 0.3) is 0 Å². The molecule has 1 saturated carbocycles. The van der Waals surface area contributed by atoms with Crippen molar-refractivity contribution in [2.75, 3.05) is 13.2 Å². The van der Waals surface area contributed by atoms with Gasteiger partial charge < -0.3 is 19.0 Å². The van der Waals surface area contributed by atoms with Crippen LogP contribution in [0.5, 0.6) is 0 Å². The van der Waals surface area contributed by atoms with E-state index in [0.29, 0.717) is 24.9 Å². The van der Waals surface area contributed by atoms with E-state index in [1.54, 1.807) is 13.2 Å². The van der Waals surface area contributed by atoms with Crippen LogP contribution in [0, 0.1) is 18.8 Å². The maximum absolute atomic E-state index is 12.7. The van der Waals surface area contributed by atoms with Gasteiger partial charge in [0.2, 0.25) is 11.8 Å². The average Bonchev–Trinajstić information content (AvgIpc) is 3.01. The van der Waals surface area contributed by atoms with Crippen molar-refractivity contribution in [3.63, 3.8) is 0 Å². The Balaban J connectivity index is 1.46. The summed E-state index contributed by atoms with van der Waals surface area (Å²) in [4.78, 5) is 17.0. The zero-order chi connectivity index (χ0) is 16.5. The largest absolute Gasteiger partial charge is 0.469 e. The second kappa shape index (κ2) is 6.39. The molecule has 4 rings (SSSR count). The molecule has 2 aliphatic rings. The molecule has 3 atom stereocenters. The van der Waals surface area contributed by atoms with Crippen molar-refractivity contribution in [1.29, 1.82) is 0 Å². The van der Waals surface area contributed by atoms with E-state index in [1.165, 1.54) is 0 Å². The SMILES string of the molecule is Cc1noc([C@H](NC(=O)[C@H]2C[C@H]2c2ccco2)C2CCOCC2)n1. The van der Waals surface area contributed by atoms with Gasteiger partial charge in [-0.3, -0.25) is 4.79 Å². The van der Waals surface area contributed by atoms with Crippen LogP contribution in [0.2, 0.25) is 0 Å². The Morgan fingerprint density at radius 1 is 1.38 bits per heavy atom. The maximum atomic E-state index is 12.7. The van der Waals surface area contributed by atoms with Crippen LogP contribution in [0.25, 0.3) is 0 Å². The number of aromatic nitrogens is 2. The Morgan fingerprint density at radius 2 is 2.21 bits per heavy atom. The topological polar surface area (TPSA) is 90.4 Å². The maximum Gasteiger partial charge on any atom is 0.249 e. The monoisotopic (exact) mass is 331 g/mol. The van der Waals surface area contributed by atoms with Crippen LogP contribution in [0.3, 0.4) is 0 Å². The Bertz CT molecular complexity index is 691. The van der Waals surface area contributed by atoms with E-state index in [-0.39, 0.29) is 29.7 Å². The highest BCUT2D eigenvalue weighted by atomic mass is 16.5. The van der Waals surface area contributed by atoms with Crippen LogP contribution in [-0.2, 0) is 9.53 Å². The molecule has 0 unspecified atom stereocenters. The van der Waals surface area contributed by atoms with Gasteiger partial charge in [0, 0.05) is 25.0 Å². The van der Waals surface area contributed by atoms with Crippen molar-refractivity contribution in [3.05, 3.63) is 35.9 Å². The van der Waals surface area contributed by atoms with Crippen molar-refractivity contribution >= 4 is 5.91 Å². The van der Waals surface area contributed by atoms with E-state index < -0.39 is 0 Å². The first-order valence-corrected chi connectivity index (χ1v) is 8.44. The molecule has 7 nitrogen and oxygen atoms in total. The van der Waals surface area contributed by atoms with Gasteiger partial charge in [-0.05, 0) is 44.2 Å². The zero-order valence-electron chi connectivity index (χ0n) is 13.6. The highest BCUT2D eigenvalue weighted by Gasteiger charge is 2.47. The summed E-state index contributed by atoms with van der Waals surface area (Å²) in [5.41, 5.74) is 0. The quantitative estimate of drug-likeness (QED) is 0.904. The molecule has 2 aromatic rings. The van der Waals surface area contributed by atoms with Crippen molar-refractivity contribution < 1.29 is 18.5 Å².